The number of nitrogens with zero attached hydrogens (tertiary/aromatic N) is 1. The molecule has 1 N–H and O–H groups in total. The Kier molecular flexibility index (Phi) is 3.95. The first-order valence-electron chi connectivity index (χ1n) is 4.00. The van der Waals surface area contributed by atoms with Crippen molar-refractivity contribution in [3.63, 3.8) is 0 Å². The number of carbonyl (C=O) groups is 1. The summed E-state index contributed by atoms with van der Waals surface area (Å²) in [5.74, 6) is -1.41. The number of hydrogen-bond acceptors (Lipinski definition) is 4. The molecule has 0 aliphatic rings. The summed E-state index contributed by atoms with van der Waals surface area (Å²) in [6.45, 7) is 0. The molecule has 3 nitrogen and oxygen atoms in total. The number of thioether (sulfide) groups is 1. The van der Waals surface area contributed by atoms with Crippen LogP contribution in [-0.4, -0.2) is 16.6 Å². The third-order valence-electron chi connectivity index (χ3n) is 1.66. The Bertz CT molecular complexity index is 508. The van der Waals surface area contributed by atoms with E-state index in [1.807, 2.05) is 0 Å². The van der Waals surface area contributed by atoms with E-state index in [2.05, 4.69) is 12.6 Å². The van der Waals surface area contributed by atoms with Gasteiger partial charge in [0.15, 0.2) is 0 Å². The molecular formula is C9H4F3NO2S2. The van der Waals surface area contributed by atoms with Crippen molar-refractivity contribution in [3.8, 4) is 6.07 Å². The van der Waals surface area contributed by atoms with Crippen molar-refractivity contribution in [2.75, 3.05) is 0 Å². The highest BCUT2D eigenvalue weighted by atomic mass is 32.2. The fraction of sp³-hybridized carbons (Fsp3) is 0.111. The molecule has 1 rings (SSSR count). The fourth-order valence-electron chi connectivity index (χ4n) is 1.11. The van der Waals surface area contributed by atoms with Crippen molar-refractivity contribution in [2.45, 2.75) is 15.3 Å². The molecule has 0 aromatic heterocycles. The lowest BCUT2D eigenvalue weighted by atomic mass is 10.1. The topological polar surface area (TPSA) is 61.1 Å². The maximum atomic E-state index is 12.1. The molecule has 0 spiro atoms. The van der Waals surface area contributed by atoms with Crippen LogP contribution in [0.2, 0.25) is 0 Å². The molecule has 0 heterocycles. The molecule has 0 aliphatic heterocycles. The zero-order valence-corrected chi connectivity index (χ0v) is 9.66. The molecule has 0 radical (unpaired) electrons. The molecule has 8 heteroatoms. The van der Waals surface area contributed by atoms with Gasteiger partial charge in [0.25, 0.3) is 0 Å². The lowest BCUT2D eigenvalue weighted by Crippen LogP contribution is -2.04. The number of thiol groups is 1. The zero-order chi connectivity index (χ0) is 13.2. The maximum absolute atomic E-state index is 12.1. The van der Waals surface area contributed by atoms with Crippen LogP contribution in [0.3, 0.4) is 0 Å². The number of nitriles is 1. The van der Waals surface area contributed by atoms with Crippen LogP contribution in [0, 0.1) is 11.3 Å². The molecule has 0 fully saturated rings. The van der Waals surface area contributed by atoms with E-state index < -0.39 is 28.8 Å². The van der Waals surface area contributed by atoms with Crippen molar-refractivity contribution in [2.24, 2.45) is 0 Å². The summed E-state index contributed by atoms with van der Waals surface area (Å²) in [4.78, 5) is 10.3. The van der Waals surface area contributed by atoms with Crippen LogP contribution in [-0.2, 0) is 0 Å². The Balaban J connectivity index is 3.29. The Hall–Kier alpha value is -1.33. The van der Waals surface area contributed by atoms with E-state index in [-0.39, 0.29) is 15.4 Å². The Labute approximate surface area is 104 Å². The second-order valence-electron chi connectivity index (χ2n) is 2.83. The van der Waals surface area contributed by atoms with Gasteiger partial charge in [0.1, 0.15) is 6.07 Å². The van der Waals surface area contributed by atoms with Gasteiger partial charge in [-0.25, -0.2) is 4.79 Å². The Morgan fingerprint density at radius 3 is 2.47 bits per heavy atom. The minimum atomic E-state index is -4.50. The van der Waals surface area contributed by atoms with Gasteiger partial charge in [0.2, 0.25) is 0 Å². The van der Waals surface area contributed by atoms with Crippen molar-refractivity contribution in [1.82, 2.24) is 0 Å². The standard InChI is InChI=1S/C9H4F3NO2S2/c10-9(11,12)17-5-1-4(3-13)7(8(14)15)6(16)2-5/h1-2,16H,(H,14,15). The fourth-order valence-corrected chi connectivity index (χ4v) is 2.17. The quantitative estimate of drug-likeness (QED) is 0.645. The molecule has 90 valence electrons. The van der Waals surface area contributed by atoms with E-state index >= 15 is 0 Å². The van der Waals surface area contributed by atoms with Crippen LogP contribution in [0.25, 0.3) is 0 Å². The number of halogens is 3. The zero-order valence-electron chi connectivity index (χ0n) is 7.95. The molecule has 17 heavy (non-hydrogen) atoms. The molecule has 0 bridgehead atoms. The van der Waals surface area contributed by atoms with Crippen LogP contribution >= 0.6 is 24.4 Å². The number of alkyl halides is 3. The van der Waals surface area contributed by atoms with Crippen molar-refractivity contribution in [1.29, 1.82) is 5.26 Å². The van der Waals surface area contributed by atoms with Gasteiger partial charge in [-0.3, -0.25) is 0 Å². The van der Waals surface area contributed by atoms with Crippen LogP contribution in [0.1, 0.15) is 15.9 Å². The summed E-state index contributed by atoms with van der Waals surface area (Å²) in [7, 11) is 0. The van der Waals surface area contributed by atoms with Gasteiger partial charge in [-0.05, 0) is 23.9 Å². The van der Waals surface area contributed by atoms with Gasteiger partial charge < -0.3 is 5.11 Å². The van der Waals surface area contributed by atoms with Crippen molar-refractivity contribution >= 4 is 30.4 Å². The Morgan fingerprint density at radius 2 is 2.06 bits per heavy atom. The highest BCUT2D eigenvalue weighted by Crippen LogP contribution is 2.38. The van der Waals surface area contributed by atoms with Gasteiger partial charge in [-0.1, -0.05) is 0 Å². The van der Waals surface area contributed by atoms with Crippen LogP contribution < -0.4 is 0 Å². The normalized spacial score (nSPS) is 11.0. The summed E-state index contributed by atoms with van der Waals surface area (Å²) in [5, 5.41) is 17.4. The number of benzene rings is 1. The molecular weight excluding hydrogens is 275 g/mol. The number of carboxylic acids is 1. The maximum Gasteiger partial charge on any atom is 0.446 e. The molecule has 0 amide bonds. The third kappa shape index (κ3) is 3.57. The largest absolute Gasteiger partial charge is 0.478 e. The van der Waals surface area contributed by atoms with Gasteiger partial charge in [0, 0.05) is 9.79 Å². The van der Waals surface area contributed by atoms with Crippen LogP contribution in [0.15, 0.2) is 21.9 Å². The van der Waals surface area contributed by atoms with Gasteiger partial charge in [0.05, 0.1) is 11.1 Å². The Morgan fingerprint density at radius 1 is 1.47 bits per heavy atom. The number of hydrogen-bond donors (Lipinski definition) is 2. The molecule has 1 aromatic rings. The molecule has 1 aromatic carbocycles. The highest BCUT2D eigenvalue weighted by molar-refractivity contribution is 8.00. The predicted octanol–water partition coefficient (Wildman–Crippen LogP) is 3.16. The lowest BCUT2D eigenvalue weighted by Gasteiger charge is -2.08. The number of aromatic carboxylic acids is 1. The predicted molar refractivity (Wildman–Crippen MR) is 57.3 cm³/mol. The van der Waals surface area contributed by atoms with E-state index in [0.29, 0.717) is 0 Å². The molecule has 0 aliphatic carbocycles. The summed E-state index contributed by atoms with van der Waals surface area (Å²) in [6.07, 6.45) is 0. The second-order valence-corrected chi connectivity index (χ2v) is 4.45. The first-order chi connectivity index (χ1) is 7.74. The van der Waals surface area contributed by atoms with Crippen LogP contribution in [0.4, 0.5) is 13.2 Å². The summed E-state index contributed by atoms with van der Waals surface area (Å²) >= 11 is 3.34. The SMILES string of the molecule is N#Cc1cc(SC(F)(F)F)cc(S)c1C(=O)O. The lowest BCUT2D eigenvalue weighted by molar-refractivity contribution is -0.0328. The van der Waals surface area contributed by atoms with Crippen molar-refractivity contribution in [3.05, 3.63) is 23.3 Å². The van der Waals surface area contributed by atoms with E-state index in [1.54, 1.807) is 0 Å². The number of rotatable bonds is 2. The minimum Gasteiger partial charge on any atom is -0.478 e. The summed E-state index contributed by atoms with van der Waals surface area (Å²) in [6, 6.07) is 3.37. The summed E-state index contributed by atoms with van der Waals surface area (Å²) < 4.78 is 36.3. The molecule has 0 saturated heterocycles. The van der Waals surface area contributed by atoms with Crippen molar-refractivity contribution < 1.29 is 23.1 Å². The molecule has 0 saturated carbocycles. The average molecular weight is 279 g/mol. The molecule has 0 unspecified atom stereocenters. The first kappa shape index (κ1) is 13.7. The van der Waals surface area contributed by atoms with E-state index in [1.165, 1.54) is 6.07 Å². The monoisotopic (exact) mass is 279 g/mol. The first-order valence-corrected chi connectivity index (χ1v) is 5.27. The van der Waals surface area contributed by atoms with Gasteiger partial charge in [-0.2, -0.15) is 18.4 Å². The second kappa shape index (κ2) is 4.89. The third-order valence-corrected chi connectivity index (χ3v) is 2.71. The smallest absolute Gasteiger partial charge is 0.446 e. The van der Waals surface area contributed by atoms with E-state index in [4.69, 9.17) is 10.4 Å². The highest BCUT2D eigenvalue weighted by Gasteiger charge is 2.30. The van der Waals surface area contributed by atoms with E-state index in [0.717, 1.165) is 12.1 Å². The molecule has 0 atom stereocenters. The number of carboxylic acid groups (broad SMARTS) is 1. The van der Waals surface area contributed by atoms with Gasteiger partial charge in [-0.15, -0.1) is 12.6 Å². The minimum absolute atomic E-state index is 0.177. The van der Waals surface area contributed by atoms with E-state index in [9.17, 15) is 18.0 Å². The summed E-state index contributed by atoms with van der Waals surface area (Å²) in [5.41, 5.74) is -5.25. The van der Waals surface area contributed by atoms with Crippen LogP contribution in [0.5, 0.6) is 0 Å². The average Bonchev–Trinajstić information content (AvgIpc) is 2.12. The van der Waals surface area contributed by atoms with Gasteiger partial charge >= 0.3 is 11.5 Å².